The zero-order chi connectivity index (χ0) is 63.0. The minimum Gasteiger partial charge on any atom is -0.462 e. The molecule has 0 fully saturated rings. The number of hydrogen-bond acceptors (Lipinski definition) is 8. The van der Waals surface area contributed by atoms with Gasteiger partial charge in [-0.25, -0.2) is 4.57 Å². The van der Waals surface area contributed by atoms with Crippen LogP contribution in [-0.4, -0.2) is 49.3 Å². The van der Waals surface area contributed by atoms with Gasteiger partial charge in [-0.2, -0.15) is 0 Å². The summed E-state index contributed by atoms with van der Waals surface area (Å²) in [5.74, 6) is -0.800. The fourth-order valence-corrected chi connectivity index (χ4v) is 12.4. The van der Waals surface area contributed by atoms with Crippen molar-refractivity contribution >= 4 is 19.8 Å². The van der Waals surface area contributed by atoms with E-state index in [0.717, 1.165) is 57.8 Å². The first-order valence-electron chi connectivity index (χ1n) is 38.1. The molecule has 512 valence electrons. The van der Waals surface area contributed by atoms with Crippen molar-refractivity contribution in [3.05, 3.63) is 48.6 Å². The molecule has 9 nitrogen and oxygen atoms in total. The number of hydrogen-bond donors (Lipinski definition) is 2. The highest BCUT2D eigenvalue weighted by atomic mass is 31.2. The SMILES string of the molecule is CC/C=C\C/C=C\C/C=C\C/C=C\CCCCCCCCCCCCCCCCCCCCCCCCCCCCCCC(=O)OC(COC(=O)CCCCCCCCCCCCCCCCCCCCCCCCCCC)COP(=O)(O)OCCN. The maximum absolute atomic E-state index is 12.8. The smallest absolute Gasteiger partial charge is 0.462 e. The standard InChI is InChI=1S/C77H146NO8P/c1-3-5-7-9-11-13-15-17-19-21-23-25-27-29-30-31-32-33-34-35-36-37-38-39-40-41-42-43-44-46-48-50-52-54-56-58-60-62-64-66-68-70-77(80)86-75(74-85-87(81,82)84-72-71-78)73-83-76(79)69-67-65-63-61-59-57-55-53-51-49-47-45-28-26-24-22-20-18-16-14-12-10-8-6-4-2/h5,7,11,13,17,19,23,25,75H,3-4,6,8-10,12,14-16,18,20-22,24,26-74,78H2,1-2H3,(H,81,82)/b7-5-,13-11-,19-17-,25-23-. The van der Waals surface area contributed by atoms with Crippen molar-refractivity contribution in [3.63, 3.8) is 0 Å². The number of rotatable bonds is 73. The predicted molar refractivity (Wildman–Crippen MR) is 377 cm³/mol. The number of ether oxygens (including phenoxy) is 2. The molecular formula is C77H146NO8P. The highest BCUT2D eigenvalue weighted by Crippen LogP contribution is 2.43. The molecule has 0 aromatic rings. The maximum atomic E-state index is 12.8. The molecule has 3 N–H and O–H groups in total. The molecule has 0 bridgehead atoms. The molecule has 0 saturated heterocycles. The van der Waals surface area contributed by atoms with Gasteiger partial charge in [-0.15, -0.1) is 0 Å². The van der Waals surface area contributed by atoms with Gasteiger partial charge in [-0.1, -0.05) is 383 Å². The first-order chi connectivity index (χ1) is 42.8. The lowest BCUT2D eigenvalue weighted by Crippen LogP contribution is -2.29. The number of esters is 2. The van der Waals surface area contributed by atoms with Gasteiger partial charge in [0.1, 0.15) is 6.61 Å². The minimum atomic E-state index is -4.39. The van der Waals surface area contributed by atoms with E-state index in [0.29, 0.717) is 6.42 Å². The molecule has 0 saturated carbocycles. The average molecular weight is 1240 g/mol. The van der Waals surface area contributed by atoms with Gasteiger partial charge in [0.25, 0.3) is 0 Å². The van der Waals surface area contributed by atoms with Crippen LogP contribution in [0.2, 0.25) is 0 Å². The number of phosphoric ester groups is 1. The van der Waals surface area contributed by atoms with Crippen LogP contribution >= 0.6 is 7.82 Å². The number of allylic oxidation sites excluding steroid dienone is 8. The fraction of sp³-hybridized carbons (Fsp3) is 0.870. The fourth-order valence-electron chi connectivity index (χ4n) is 11.6. The van der Waals surface area contributed by atoms with Gasteiger partial charge in [-0.3, -0.25) is 18.6 Å². The summed E-state index contributed by atoms with van der Waals surface area (Å²) in [7, 11) is -4.39. The summed E-state index contributed by atoms with van der Waals surface area (Å²) in [4.78, 5) is 35.4. The lowest BCUT2D eigenvalue weighted by Gasteiger charge is -2.19. The average Bonchev–Trinajstić information content (AvgIpc) is 3.65. The van der Waals surface area contributed by atoms with Crippen molar-refractivity contribution in [1.82, 2.24) is 0 Å². The van der Waals surface area contributed by atoms with E-state index in [4.69, 9.17) is 24.3 Å². The largest absolute Gasteiger partial charge is 0.472 e. The Balaban J connectivity index is 3.73. The molecule has 87 heavy (non-hydrogen) atoms. The van der Waals surface area contributed by atoms with Gasteiger partial charge in [0.2, 0.25) is 0 Å². The van der Waals surface area contributed by atoms with Crippen molar-refractivity contribution in [2.24, 2.45) is 5.73 Å². The van der Waals surface area contributed by atoms with Crippen molar-refractivity contribution in [3.8, 4) is 0 Å². The predicted octanol–water partition coefficient (Wildman–Crippen LogP) is 25.2. The van der Waals surface area contributed by atoms with Gasteiger partial charge < -0.3 is 20.1 Å². The molecule has 0 aliphatic heterocycles. The molecule has 10 heteroatoms. The van der Waals surface area contributed by atoms with Crippen LogP contribution < -0.4 is 5.73 Å². The van der Waals surface area contributed by atoms with Crippen LogP contribution in [0.1, 0.15) is 399 Å². The van der Waals surface area contributed by atoms with Crippen LogP contribution in [0.3, 0.4) is 0 Å². The maximum Gasteiger partial charge on any atom is 0.472 e. The number of carbonyl (C=O) groups excluding carboxylic acids is 2. The molecule has 0 rings (SSSR count). The lowest BCUT2D eigenvalue weighted by atomic mass is 10.0. The van der Waals surface area contributed by atoms with Crippen molar-refractivity contribution in [2.75, 3.05) is 26.4 Å². The summed E-state index contributed by atoms with van der Waals surface area (Å²) in [5, 5.41) is 0. The molecule has 0 heterocycles. The number of unbranched alkanes of at least 4 members (excludes halogenated alkanes) is 52. The van der Waals surface area contributed by atoms with E-state index in [1.54, 1.807) is 0 Å². The van der Waals surface area contributed by atoms with Gasteiger partial charge in [0.05, 0.1) is 13.2 Å². The molecule has 0 amide bonds. The molecule has 0 radical (unpaired) electrons. The van der Waals surface area contributed by atoms with Crippen LogP contribution in [0.4, 0.5) is 0 Å². The van der Waals surface area contributed by atoms with Crippen LogP contribution in [0.5, 0.6) is 0 Å². The molecule has 2 atom stereocenters. The molecule has 0 spiro atoms. The molecule has 0 aliphatic carbocycles. The second-order valence-corrected chi connectivity index (χ2v) is 27.3. The summed E-state index contributed by atoms with van der Waals surface area (Å²) in [6.45, 7) is 3.72. The first kappa shape index (κ1) is 85.0. The Kier molecular flexibility index (Phi) is 71.3. The van der Waals surface area contributed by atoms with Crippen LogP contribution in [0.15, 0.2) is 48.6 Å². The zero-order valence-electron chi connectivity index (χ0n) is 57.8. The second-order valence-electron chi connectivity index (χ2n) is 25.9. The van der Waals surface area contributed by atoms with Crippen LogP contribution in [0.25, 0.3) is 0 Å². The molecule has 0 aliphatic rings. The van der Waals surface area contributed by atoms with Gasteiger partial charge in [0.15, 0.2) is 6.10 Å². The highest BCUT2D eigenvalue weighted by Gasteiger charge is 2.26. The number of phosphoric acid groups is 1. The Labute approximate surface area is 540 Å². The third-order valence-electron chi connectivity index (χ3n) is 17.2. The zero-order valence-corrected chi connectivity index (χ0v) is 58.7. The van der Waals surface area contributed by atoms with E-state index in [2.05, 4.69) is 62.5 Å². The highest BCUT2D eigenvalue weighted by molar-refractivity contribution is 7.47. The Bertz CT molecular complexity index is 1570. The van der Waals surface area contributed by atoms with E-state index in [9.17, 15) is 19.0 Å². The van der Waals surface area contributed by atoms with Crippen LogP contribution in [0, 0.1) is 0 Å². The van der Waals surface area contributed by atoms with E-state index in [1.807, 2.05) is 0 Å². The topological polar surface area (TPSA) is 134 Å². The minimum absolute atomic E-state index is 0.0569. The summed E-state index contributed by atoms with van der Waals surface area (Å²) in [6, 6.07) is 0. The monoisotopic (exact) mass is 1240 g/mol. The Morgan fingerprint density at radius 2 is 0.632 bits per heavy atom. The molecule has 0 aromatic carbocycles. The molecule has 0 aromatic heterocycles. The van der Waals surface area contributed by atoms with Gasteiger partial charge in [0, 0.05) is 19.4 Å². The first-order valence-corrected chi connectivity index (χ1v) is 39.6. The van der Waals surface area contributed by atoms with Gasteiger partial charge >= 0.3 is 19.8 Å². The number of nitrogens with two attached hydrogens (primary N) is 1. The Morgan fingerprint density at radius 1 is 0.356 bits per heavy atom. The van der Waals surface area contributed by atoms with Gasteiger partial charge in [-0.05, 0) is 51.4 Å². The summed E-state index contributed by atoms with van der Waals surface area (Å²) >= 11 is 0. The van der Waals surface area contributed by atoms with E-state index in [1.165, 1.54) is 308 Å². The third kappa shape index (κ3) is 72.9. The lowest BCUT2D eigenvalue weighted by molar-refractivity contribution is -0.161. The van der Waals surface area contributed by atoms with Crippen molar-refractivity contribution in [2.45, 2.75) is 405 Å². The molecule has 2 unspecified atom stereocenters. The van der Waals surface area contributed by atoms with E-state index < -0.39 is 26.5 Å². The Morgan fingerprint density at radius 3 is 0.943 bits per heavy atom. The quantitative estimate of drug-likeness (QED) is 0.0264. The normalized spacial score (nSPS) is 13.1. The summed E-state index contributed by atoms with van der Waals surface area (Å²) in [6.07, 6.45) is 93.9. The van der Waals surface area contributed by atoms with Crippen molar-refractivity contribution in [1.29, 1.82) is 0 Å². The molecular weight excluding hydrogens is 1100 g/mol. The van der Waals surface area contributed by atoms with Crippen LogP contribution in [-0.2, 0) is 32.7 Å². The number of carbonyl (C=O) groups is 2. The third-order valence-corrected chi connectivity index (χ3v) is 18.2. The summed E-state index contributed by atoms with van der Waals surface area (Å²) in [5.41, 5.74) is 5.41. The van der Waals surface area contributed by atoms with E-state index in [-0.39, 0.29) is 38.6 Å². The van der Waals surface area contributed by atoms with Crippen molar-refractivity contribution < 1.29 is 37.6 Å². The Hall–Kier alpha value is -2.03. The van der Waals surface area contributed by atoms with E-state index >= 15 is 0 Å². The summed E-state index contributed by atoms with van der Waals surface area (Å²) < 4.78 is 33.2. The second kappa shape index (κ2) is 73.0.